The average Bonchev–Trinajstić information content (AvgIpc) is 3.23. The molecule has 4 heteroatoms. The van der Waals surface area contributed by atoms with Gasteiger partial charge in [0.2, 0.25) is 0 Å². The number of amides is 1. The molecule has 3 fully saturated rings. The minimum Gasteiger partial charge on any atom is -0.459 e. The highest BCUT2D eigenvalue weighted by molar-refractivity contribution is 5.91. The molecule has 2 saturated carbocycles. The Morgan fingerprint density at radius 3 is 2.60 bits per heavy atom. The van der Waals surface area contributed by atoms with Crippen molar-refractivity contribution in [3.05, 3.63) is 24.2 Å². The Morgan fingerprint density at radius 1 is 1.15 bits per heavy atom. The Morgan fingerprint density at radius 2 is 2.00 bits per heavy atom. The van der Waals surface area contributed by atoms with E-state index in [1.165, 1.54) is 25.7 Å². The van der Waals surface area contributed by atoms with E-state index in [1.807, 2.05) is 4.90 Å². The van der Waals surface area contributed by atoms with E-state index in [2.05, 4.69) is 4.90 Å². The van der Waals surface area contributed by atoms with Crippen LogP contribution in [0.4, 0.5) is 0 Å². The monoisotopic (exact) mass is 274 g/mol. The number of piperazine rings is 1. The van der Waals surface area contributed by atoms with Gasteiger partial charge in [-0.2, -0.15) is 0 Å². The van der Waals surface area contributed by atoms with Crippen molar-refractivity contribution in [1.82, 2.24) is 9.80 Å². The first-order chi connectivity index (χ1) is 9.81. The van der Waals surface area contributed by atoms with Crippen LogP contribution in [0.15, 0.2) is 22.8 Å². The summed E-state index contributed by atoms with van der Waals surface area (Å²) in [4.78, 5) is 16.8. The second-order valence-corrected chi connectivity index (χ2v) is 6.55. The van der Waals surface area contributed by atoms with Gasteiger partial charge < -0.3 is 9.32 Å². The molecule has 1 saturated heterocycles. The van der Waals surface area contributed by atoms with Gasteiger partial charge in [-0.25, -0.2) is 0 Å². The van der Waals surface area contributed by atoms with Gasteiger partial charge in [0.15, 0.2) is 5.76 Å². The maximum absolute atomic E-state index is 12.2. The van der Waals surface area contributed by atoms with Gasteiger partial charge in [0.05, 0.1) is 6.26 Å². The fourth-order valence-corrected chi connectivity index (χ4v) is 4.47. The van der Waals surface area contributed by atoms with E-state index in [0.717, 1.165) is 44.1 Å². The smallest absolute Gasteiger partial charge is 0.289 e. The largest absolute Gasteiger partial charge is 0.459 e. The lowest BCUT2D eigenvalue weighted by Crippen LogP contribution is -2.53. The Hall–Kier alpha value is -1.29. The molecule has 4 nitrogen and oxygen atoms in total. The Balaban J connectivity index is 1.35. The van der Waals surface area contributed by atoms with Crippen LogP contribution in [0.2, 0.25) is 0 Å². The molecular formula is C16H22N2O2. The number of carbonyl (C=O) groups excluding carboxylic acids is 1. The maximum Gasteiger partial charge on any atom is 0.289 e. The molecule has 0 aromatic carbocycles. The van der Waals surface area contributed by atoms with Crippen LogP contribution in [0.3, 0.4) is 0 Å². The normalized spacial score (nSPS) is 33.8. The van der Waals surface area contributed by atoms with Crippen LogP contribution in [-0.4, -0.2) is 47.9 Å². The first kappa shape index (κ1) is 12.5. The third-order valence-electron chi connectivity index (χ3n) is 5.50. The first-order valence-electron chi connectivity index (χ1n) is 7.88. The molecular weight excluding hydrogens is 252 g/mol. The van der Waals surface area contributed by atoms with Crippen molar-refractivity contribution in [2.45, 2.75) is 31.7 Å². The standard InChI is InChI=1S/C16H22N2O2/c19-16(15-2-1-9-20-15)18-7-5-17(6-8-18)14-11-12-3-4-13(14)10-12/h1-2,9,12-14H,3-8,10-11H2. The maximum atomic E-state index is 12.2. The molecule has 1 aliphatic heterocycles. The van der Waals surface area contributed by atoms with E-state index in [1.54, 1.807) is 18.4 Å². The summed E-state index contributed by atoms with van der Waals surface area (Å²) in [5, 5.41) is 0. The predicted octanol–water partition coefficient (Wildman–Crippen LogP) is 2.23. The van der Waals surface area contributed by atoms with Gasteiger partial charge in [0.25, 0.3) is 5.91 Å². The molecule has 1 amide bonds. The quantitative estimate of drug-likeness (QED) is 0.830. The Kier molecular flexibility index (Phi) is 3.06. The lowest BCUT2D eigenvalue weighted by molar-refractivity contribution is 0.0471. The van der Waals surface area contributed by atoms with E-state index >= 15 is 0 Å². The van der Waals surface area contributed by atoms with Gasteiger partial charge in [0.1, 0.15) is 0 Å². The summed E-state index contributed by atoms with van der Waals surface area (Å²) in [6.07, 6.45) is 7.31. The highest BCUT2D eigenvalue weighted by atomic mass is 16.3. The van der Waals surface area contributed by atoms with Gasteiger partial charge >= 0.3 is 0 Å². The SMILES string of the molecule is O=C(c1ccco1)N1CCN(C2CC3CCC2C3)CC1. The third kappa shape index (κ3) is 2.06. The van der Waals surface area contributed by atoms with Crippen molar-refractivity contribution >= 4 is 5.91 Å². The minimum atomic E-state index is 0.0441. The number of rotatable bonds is 2. The molecule has 0 spiro atoms. The highest BCUT2D eigenvalue weighted by Gasteiger charge is 2.43. The second kappa shape index (κ2) is 4.92. The van der Waals surface area contributed by atoms with Crippen LogP contribution in [0.25, 0.3) is 0 Å². The zero-order valence-corrected chi connectivity index (χ0v) is 11.8. The van der Waals surface area contributed by atoms with Crippen molar-refractivity contribution in [3.8, 4) is 0 Å². The predicted molar refractivity (Wildman–Crippen MR) is 75.4 cm³/mol. The Labute approximate surface area is 119 Å². The zero-order valence-electron chi connectivity index (χ0n) is 11.8. The summed E-state index contributed by atoms with van der Waals surface area (Å²) in [5.41, 5.74) is 0. The minimum absolute atomic E-state index is 0.0441. The number of furan rings is 1. The topological polar surface area (TPSA) is 36.7 Å². The van der Waals surface area contributed by atoms with Gasteiger partial charge in [-0.15, -0.1) is 0 Å². The molecule has 3 atom stereocenters. The van der Waals surface area contributed by atoms with Crippen molar-refractivity contribution < 1.29 is 9.21 Å². The van der Waals surface area contributed by atoms with Gasteiger partial charge in [-0.1, -0.05) is 6.42 Å². The molecule has 4 rings (SSSR count). The van der Waals surface area contributed by atoms with E-state index in [-0.39, 0.29) is 5.91 Å². The fourth-order valence-electron chi connectivity index (χ4n) is 4.47. The van der Waals surface area contributed by atoms with Crippen LogP contribution >= 0.6 is 0 Å². The van der Waals surface area contributed by atoms with Crippen LogP contribution < -0.4 is 0 Å². The van der Waals surface area contributed by atoms with E-state index < -0.39 is 0 Å². The van der Waals surface area contributed by atoms with Crippen LogP contribution in [0, 0.1) is 11.8 Å². The summed E-state index contributed by atoms with van der Waals surface area (Å²) < 4.78 is 5.21. The molecule has 3 unspecified atom stereocenters. The Bertz CT molecular complexity index is 477. The van der Waals surface area contributed by atoms with Crippen molar-refractivity contribution in [1.29, 1.82) is 0 Å². The number of hydrogen-bond acceptors (Lipinski definition) is 3. The molecule has 0 N–H and O–H groups in total. The van der Waals surface area contributed by atoms with Crippen LogP contribution in [0.1, 0.15) is 36.2 Å². The molecule has 108 valence electrons. The highest BCUT2D eigenvalue weighted by Crippen LogP contribution is 2.46. The van der Waals surface area contributed by atoms with Gasteiger partial charge in [-0.05, 0) is 43.2 Å². The summed E-state index contributed by atoms with van der Waals surface area (Å²) in [6, 6.07) is 4.33. The summed E-state index contributed by atoms with van der Waals surface area (Å²) in [6.45, 7) is 3.74. The molecule has 1 aromatic heterocycles. The molecule has 1 aromatic rings. The molecule has 2 bridgehead atoms. The summed E-state index contributed by atoms with van der Waals surface area (Å²) in [7, 11) is 0. The van der Waals surface area contributed by atoms with Crippen molar-refractivity contribution in [2.75, 3.05) is 26.2 Å². The van der Waals surface area contributed by atoms with Crippen molar-refractivity contribution in [2.24, 2.45) is 11.8 Å². The third-order valence-corrected chi connectivity index (χ3v) is 5.50. The number of nitrogens with zero attached hydrogens (tertiary/aromatic N) is 2. The number of carbonyl (C=O) groups is 1. The molecule has 0 radical (unpaired) electrons. The molecule has 2 heterocycles. The average molecular weight is 274 g/mol. The lowest BCUT2D eigenvalue weighted by Gasteiger charge is -2.40. The first-order valence-corrected chi connectivity index (χ1v) is 7.88. The lowest BCUT2D eigenvalue weighted by atomic mass is 9.93. The number of fused-ring (bicyclic) bond motifs is 2. The van der Waals surface area contributed by atoms with Gasteiger partial charge in [-0.3, -0.25) is 9.69 Å². The molecule has 20 heavy (non-hydrogen) atoms. The fraction of sp³-hybridized carbons (Fsp3) is 0.688. The molecule has 2 aliphatic carbocycles. The van der Waals surface area contributed by atoms with E-state index in [9.17, 15) is 4.79 Å². The molecule has 3 aliphatic rings. The van der Waals surface area contributed by atoms with E-state index in [0.29, 0.717) is 5.76 Å². The zero-order chi connectivity index (χ0) is 13.5. The van der Waals surface area contributed by atoms with Crippen LogP contribution in [-0.2, 0) is 0 Å². The van der Waals surface area contributed by atoms with E-state index in [4.69, 9.17) is 4.42 Å². The second-order valence-electron chi connectivity index (χ2n) is 6.55. The summed E-state index contributed by atoms with van der Waals surface area (Å²) in [5.74, 6) is 2.45. The number of hydrogen-bond donors (Lipinski definition) is 0. The van der Waals surface area contributed by atoms with Gasteiger partial charge in [0, 0.05) is 32.2 Å². The summed E-state index contributed by atoms with van der Waals surface area (Å²) >= 11 is 0. The van der Waals surface area contributed by atoms with Crippen LogP contribution in [0.5, 0.6) is 0 Å². The van der Waals surface area contributed by atoms with Crippen molar-refractivity contribution in [3.63, 3.8) is 0 Å².